The van der Waals surface area contributed by atoms with E-state index < -0.39 is 17.2 Å². The molecule has 2 atom stereocenters. The van der Waals surface area contributed by atoms with Crippen molar-refractivity contribution in [3.63, 3.8) is 0 Å². The number of hydrogen-bond donors (Lipinski definition) is 1. The van der Waals surface area contributed by atoms with Crippen molar-refractivity contribution in [1.82, 2.24) is 19.4 Å². The van der Waals surface area contributed by atoms with Crippen molar-refractivity contribution in [1.29, 1.82) is 0 Å². The first-order chi connectivity index (χ1) is 16.8. The molecule has 2 amide bonds. The number of amides is 2. The Balaban J connectivity index is 1.50. The van der Waals surface area contributed by atoms with Gasteiger partial charge in [0.1, 0.15) is 0 Å². The lowest BCUT2D eigenvalue weighted by molar-refractivity contribution is -0.131. The number of rotatable bonds is 10. The Morgan fingerprint density at radius 3 is 2.60 bits per heavy atom. The van der Waals surface area contributed by atoms with Gasteiger partial charge in [-0.2, -0.15) is 0 Å². The van der Waals surface area contributed by atoms with Crippen LogP contribution in [0.4, 0.5) is 0 Å². The van der Waals surface area contributed by atoms with Crippen molar-refractivity contribution in [2.45, 2.75) is 25.8 Å². The molecular weight excluding hydrogens is 464 g/mol. The lowest BCUT2D eigenvalue weighted by Crippen LogP contribution is -2.45. The van der Waals surface area contributed by atoms with Crippen LogP contribution in [-0.2, 0) is 20.9 Å². The average molecular weight is 498 g/mol. The molecule has 1 fully saturated rings. The lowest BCUT2D eigenvalue weighted by atomic mass is 9.93. The summed E-state index contributed by atoms with van der Waals surface area (Å²) in [6, 6.07) is 15.0. The molecule has 0 bridgehead atoms. The van der Waals surface area contributed by atoms with Gasteiger partial charge in [0.25, 0.3) is 0 Å². The van der Waals surface area contributed by atoms with E-state index in [1.807, 2.05) is 6.07 Å². The molecule has 1 aliphatic heterocycles. The highest BCUT2D eigenvalue weighted by atomic mass is 32.2. The molecule has 2 aromatic carbocycles. The zero-order valence-electron chi connectivity index (χ0n) is 20.3. The maximum absolute atomic E-state index is 12.2. The molecule has 8 nitrogen and oxygen atoms in total. The summed E-state index contributed by atoms with van der Waals surface area (Å²) in [5.74, 6) is 1.67. The van der Waals surface area contributed by atoms with Gasteiger partial charge in [0.2, 0.25) is 11.8 Å². The van der Waals surface area contributed by atoms with E-state index in [9.17, 15) is 18.4 Å². The predicted molar refractivity (Wildman–Crippen MR) is 137 cm³/mol. The molecule has 1 N–H and O–H groups in total. The first kappa shape index (κ1) is 26.8. The third-order valence-electron chi connectivity index (χ3n) is 6.65. The standard InChI is InChI=1S/C26H34N4O4S/c1-4-14-28(3)26(32)17-27-25(31)19-30(35(33)34)18-21-12-15-29(16-13-21)20(2)23-11-7-9-22-8-5-6-10-24(22)23/h1,5-11,20-21H,12-19H2,2-3H3,(H,27,31)(H,33,34)/p-1. The molecule has 0 aliphatic carbocycles. The van der Waals surface area contributed by atoms with Crippen LogP contribution in [0.1, 0.15) is 31.4 Å². The van der Waals surface area contributed by atoms with Gasteiger partial charge in [-0.25, -0.2) is 4.31 Å². The minimum atomic E-state index is -2.53. The Labute approximate surface area is 210 Å². The first-order valence-electron chi connectivity index (χ1n) is 11.8. The molecule has 0 spiro atoms. The van der Waals surface area contributed by atoms with Gasteiger partial charge in [0, 0.05) is 30.9 Å². The van der Waals surface area contributed by atoms with Crippen LogP contribution in [0.5, 0.6) is 0 Å². The maximum atomic E-state index is 12.2. The Kier molecular flexibility index (Phi) is 9.81. The average Bonchev–Trinajstić information content (AvgIpc) is 2.86. The predicted octanol–water partition coefficient (Wildman–Crippen LogP) is 1.92. The number of piperidine rings is 1. The van der Waals surface area contributed by atoms with E-state index in [2.05, 4.69) is 59.5 Å². The van der Waals surface area contributed by atoms with Gasteiger partial charge >= 0.3 is 0 Å². The fraction of sp³-hybridized carbons (Fsp3) is 0.462. The summed E-state index contributed by atoms with van der Waals surface area (Å²) in [5, 5.41) is 4.96. The largest absolute Gasteiger partial charge is 0.760 e. The normalized spacial score (nSPS) is 16.5. The fourth-order valence-electron chi connectivity index (χ4n) is 4.55. The van der Waals surface area contributed by atoms with E-state index in [0.29, 0.717) is 0 Å². The van der Waals surface area contributed by atoms with E-state index in [1.54, 1.807) is 7.05 Å². The summed E-state index contributed by atoms with van der Waals surface area (Å²) < 4.78 is 24.7. The van der Waals surface area contributed by atoms with Crippen molar-refractivity contribution in [2.24, 2.45) is 5.92 Å². The van der Waals surface area contributed by atoms with Gasteiger partial charge in [-0.15, -0.1) is 6.42 Å². The topological polar surface area (TPSA) is 96.0 Å². The van der Waals surface area contributed by atoms with E-state index in [-0.39, 0.29) is 44.0 Å². The molecule has 9 heteroatoms. The summed E-state index contributed by atoms with van der Waals surface area (Å²) in [5.41, 5.74) is 1.29. The molecule has 2 unspecified atom stereocenters. The van der Waals surface area contributed by atoms with Gasteiger partial charge in [0.15, 0.2) is 0 Å². The number of likely N-dealkylation sites (N-methyl/N-ethyl adjacent to an activating group) is 1. The molecule has 0 aromatic heterocycles. The number of hydrogen-bond acceptors (Lipinski definition) is 5. The van der Waals surface area contributed by atoms with Crippen molar-refractivity contribution in [3.05, 3.63) is 48.0 Å². The van der Waals surface area contributed by atoms with E-state index in [0.717, 1.165) is 30.2 Å². The molecular formula is C26H33N4O4S-. The Hall–Kier alpha value is -2.77. The second kappa shape index (κ2) is 12.8. The quantitative estimate of drug-likeness (QED) is 0.400. The van der Waals surface area contributed by atoms with Gasteiger partial charge in [0.05, 0.1) is 19.6 Å². The van der Waals surface area contributed by atoms with Crippen LogP contribution in [0.3, 0.4) is 0 Å². The smallest absolute Gasteiger partial charge is 0.242 e. The highest BCUT2D eigenvalue weighted by Gasteiger charge is 2.26. The highest BCUT2D eigenvalue weighted by Crippen LogP contribution is 2.31. The molecule has 188 valence electrons. The summed E-state index contributed by atoms with van der Waals surface area (Å²) >= 11 is -2.53. The Morgan fingerprint density at radius 1 is 1.23 bits per heavy atom. The Morgan fingerprint density at radius 2 is 1.91 bits per heavy atom. The zero-order valence-corrected chi connectivity index (χ0v) is 21.1. The maximum Gasteiger partial charge on any atom is 0.242 e. The Bertz CT molecular complexity index is 1090. The molecule has 1 saturated heterocycles. The molecule has 3 rings (SSSR count). The summed E-state index contributed by atoms with van der Waals surface area (Å²) in [6.45, 7) is 3.82. The van der Waals surface area contributed by atoms with Gasteiger partial charge in [-0.1, -0.05) is 48.4 Å². The van der Waals surface area contributed by atoms with Crippen LogP contribution in [-0.4, -0.2) is 81.0 Å². The molecule has 0 radical (unpaired) electrons. The molecule has 1 aliphatic rings. The monoisotopic (exact) mass is 497 g/mol. The van der Waals surface area contributed by atoms with Crippen LogP contribution in [0, 0.1) is 18.3 Å². The van der Waals surface area contributed by atoms with Crippen molar-refractivity contribution in [2.75, 3.05) is 46.3 Å². The van der Waals surface area contributed by atoms with Crippen molar-refractivity contribution in [3.8, 4) is 12.3 Å². The second-order valence-corrected chi connectivity index (χ2v) is 9.94. The van der Waals surface area contributed by atoms with E-state index in [4.69, 9.17) is 6.42 Å². The number of terminal acetylenes is 1. The molecule has 0 saturated carbocycles. The lowest BCUT2D eigenvalue weighted by Gasteiger charge is -2.38. The number of likely N-dealkylation sites (tertiary alicyclic amines) is 1. The first-order valence-corrected chi connectivity index (χ1v) is 12.8. The number of carbonyl (C=O) groups is 2. The van der Waals surface area contributed by atoms with Gasteiger partial charge in [-0.3, -0.25) is 18.7 Å². The fourth-order valence-corrected chi connectivity index (χ4v) is 5.11. The SMILES string of the molecule is C#CCN(C)C(=O)CNC(=O)CN(CC1CCN(C(C)c2cccc3ccccc23)CC1)S(=O)[O-]. The number of benzene rings is 2. The number of nitrogens with one attached hydrogen (secondary N) is 1. The number of nitrogens with zero attached hydrogens (tertiary/aromatic N) is 3. The second-order valence-electron chi connectivity index (χ2n) is 8.99. The van der Waals surface area contributed by atoms with Crippen molar-refractivity contribution >= 4 is 33.9 Å². The van der Waals surface area contributed by atoms with Crippen LogP contribution >= 0.6 is 0 Å². The summed E-state index contributed by atoms with van der Waals surface area (Å²) in [4.78, 5) is 27.9. The van der Waals surface area contributed by atoms with Crippen molar-refractivity contribution < 1.29 is 18.4 Å². The van der Waals surface area contributed by atoms with Crippen LogP contribution in [0.25, 0.3) is 10.8 Å². The summed E-state index contributed by atoms with van der Waals surface area (Å²) in [6.07, 6.45) is 6.87. The van der Waals surface area contributed by atoms with E-state index >= 15 is 0 Å². The van der Waals surface area contributed by atoms with Crippen LogP contribution in [0.2, 0.25) is 0 Å². The number of fused-ring (bicyclic) bond motifs is 1. The molecule has 2 aromatic rings. The summed E-state index contributed by atoms with van der Waals surface area (Å²) in [7, 11) is 1.54. The van der Waals surface area contributed by atoms with Crippen LogP contribution < -0.4 is 5.32 Å². The third-order valence-corrected chi connectivity index (χ3v) is 7.35. The third kappa shape index (κ3) is 7.36. The highest BCUT2D eigenvalue weighted by molar-refractivity contribution is 7.76. The van der Waals surface area contributed by atoms with E-state index in [1.165, 1.54) is 21.2 Å². The molecule has 1 heterocycles. The zero-order chi connectivity index (χ0) is 25.4. The minimum absolute atomic E-state index is 0.142. The number of carbonyl (C=O) groups excluding carboxylic acids is 2. The molecule has 35 heavy (non-hydrogen) atoms. The minimum Gasteiger partial charge on any atom is -0.760 e. The van der Waals surface area contributed by atoms with Gasteiger partial charge < -0.3 is 14.8 Å². The van der Waals surface area contributed by atoms with Gasteiger partial charge in [-0.05, 0) is 55.1 Å². The van der Waals surface area contributed by atoms with Crippen LogP contribution in [0.15, 0.2) is 42.5 Å².